The average Bonchev–Trinajstić information content (AvgIpc) is 2.41. The first-order valence-corrected chi connectivity index (χ1v) is 6.04. The van der Waals surface area contributed by atoms with Crippen molar-refractivity contribution in [3.63, 3.8) is 0 Å². The molecule has 0 aliphatic heterocycles. The van der Waals surface area contributed by atoms with Gasteiger partial charge in [-0.15, -0.1) is 0 Å². The Morgan fingerprint density at radius 1 is 1.17 bits per heavy atom. The lowest BCUT2D eigenvalue weighted by Crippen LogP contribution is -2.13. The lowest BCUT2D eigenvalue weighted by molar-refractivity contribution is 0.397. The van der Waals surface area contributed by atoms with Crippen molar-refractivity contribution in [3.05, 3.63) is 59.3 Å². The number of hydrogen-bond acceptors (Lipinski definition) is 3. The number of nitrogens with one attached hydrogen (secondary N) is 1. The Balaban J connectivity index is 1.90. The van der Waals surface area contributed by atoms with Gasteiger partial charge in [0.05, 0.1) is 7.11 Å². The maximum Gasteiger partial charge on any atom is 0.213 e. The Morgan fingerprint density at radius 3 is 2.78 bits per heavy atom. The largest absolute Gasteiger partial charge is 0.481 e. The molecule has 3 heteroatoms. The fourth-order valence-electron chi connectivity index (χ4n) is 1.82. The molecule has 2 aromatic rings. The lowest BCUT2D eigenvalue weighted by Gasteiger charge is -2.08. The predicted molar refractivity (Wildman–Crippen MR) is 72.5 cm³/mol. The molecule has 0 atom stereocenters. The van der Waals surface area contributed by atoms with E-state index in [0.717, 1.165) is 13.1 Å². The molecule has 0 bridgehead atoms. The number of rotatable bonds is 5. The Kier molecular flexibility index (Phi) is 4.31. The summed E-state index contributed by atoms with van der Waals surface area (Å²) in [5.74, 6) is 0.658. The molecule has 3 nitrogen and oxygen atoms in total. The quantitative estimate of drug-likeness (QED) is 0.875. The van der Waals surface area contributed by atoms with Crippen LogP contribution in [0.5, 0.6) is 5.88 Å². The van der Waals surface area contributed by atoms with Gasteiger partial charge in [-0.05, 0) is 29.7 Å². The molecule has 1 heterocycles. The molecule has 0 fully saturated rings. The van der Waals surface area contributed by atoms with Crippen LogP contribution in [0.4, 0.5) is 0 Å². The Labute approximate surface area is 108 Å². The van der Waals surface area contributed by atoms with E-state index in [1.165, 1.54) is 16.7 Å². The van der Waals surface area contributed by atoms with Gasteiger partial charge >= 0.3 is 0 Å². The summed E-state index contributed by atoms with van der Waals surface area (Å²) in [6, 6.07) is 12.4. The zero-order valence-corrected chi connectivity index (χ0v) is 10.8. The van der Waals surface area contributed by atoms with Gasteiger partial charge in [-0.3, -0.25) is 0 Å². The Hall–Kier alpha value is -1.87. The molecule has 0 spiro atoms. The Bertz CT molecular complexity index is 511. The van der Waals surface area contributed by atoms with E-state index in [2.05, 4.69) is 41.5 Å². The van der Waals surface area contributed by atoms with E-state index in [1.807, 2.05) is 12.1 Å². The summed E-state index contributed by atoms with van der Waals surface area (Å²) in [7, 11) is 1.63. The number of aryl methyl sites for hydroxylation is 1. The number of benzene rings is 1. The zero-order chi connectivity index (χ0) is 12.8. The van der Waals surface area contributed by atoms with Gasteiger partial charge < -0.3 is 10.1 Å². The highest BCUT2D eigenvalue weighted by Gasteiger charge is 1.99. The van der Waals surface area contributed by atoms with Gasteiger partial charge in [0, 0.05) is 25.4 Å². The van der Waals surface area contributed by atoms with E-state index in [9.17, 15) is 0 Å². The number of pyridine rings is 1. The monoisotopic (exact) mass is 242 g/mol. The number of ether oxygens (including phenoxy) is 1. The second-order valence-electron chi connectivity index (χ2n) is 4.24. The van der Waals surface area contributed by atoms with E-state index in [4.69, 9.17) is 4.74 Å². The minimum Gasteiger partial charge on any atom is -0.481 e. The van der Waals surface area contributed by atoms with Gasteiger partial charge in [-0.1, -0.05) is 24.3 Å². The van der Waals surface area contributed by atoms with Crippen molar-refractivity contribution in [1.29, 1.82) is 0 Å². The molecule has 94 valence electrons. The maximum absolute atomic E-state index is 5.10. The van der Waals surface area contributed by atoms with Crippen LogP contribution in [0.3, 0.4) is 0 Å². The summed E-state index contributed by atoms with van der Waals surface area (Å²) in [6.07, 6.45) is 1.77. The lowest BCUT2D eigenvalue weighted by atomic mass is 10.1. The topological polar surface area (TPSA) is 34.1 Å². The second kappa shape index (κ2) is 6.17. The van der Waals surface area contributed by atoms with Gasteiger partial charge in [-0.25, -0.2) is 4.98 Å². The standard InChI is InChI=1S/C15H18N2O/c1-12-5-3-4-6-14(12)11-16-10-13-7-8-17-15(9-13)18-2/h3-9,16H,10-11H2,1-2H3. The first-order chi connectivity index (χ1) is 8.79. The summed E-state index contributed by atoms with van der Waals surface area (Å²) in [5.41, 5.74) is 3.83. The maximum atomic E-state index is 5.10. The fourth-order valence-corrected chi connectivity index (χ4v) is 1.82. The van der Waals surface area contributed by atoms with Crippen LogP contribution in [0.25, 0.3) is 0 Å². The van der Waals surface area contributed by atoms with Crippen LogP contribution < -0.4 is 10.1 Å². The first-order valence-electron chi connectivity index (χ1n) is 6.04. The molecule has 0 unspecified atom stereocenters. The summed E-state index contributed by atoms with van der Waals surface area (Å²) >= 11 is 0. The fraction of sp³-hybridized carbons (Fsp3) is 0.267. The molecule has 1 aromatic heterocycles. The molecule has 0 saturated heterocycles. The van der Waals surface area contributed by atoms with Crippen molar-refractivity contribution >= 4 is 0 Å². The minimum absolute atomic E-state index is 0.658. The molecule has 0 amide bonds. The van der Waals surface area contributed by atoms with Crippen molar-refractivity contribution in [1.82, 2.24) is 10.3 Å². The summed E-state index contributed by atoms with van der Waals surface area (Å²) in [6.45, 7) is 3.82. The number of hydrogen-bond donors (Lipinski definition) is 1. The third-order valence-electron chi connectivity index (χ3n) is 2.91. The average molecular weight is 242 g/mol. The SMILES string of the molecule is COc1cc(CNCc2ccccc2C)ccn1. The van der Waals surface area contributed by atoms with Gasteiger partial charge in [0.15, 0.2) is 0 Å². The van der Waals surface area contributed by atoms with Crippen LogP contribution in [0.2, 0.25) is 0 Å². The molecule has 0 radical (unpaired) electrons. The molecule has 0 aliphatic carbocycles. The van der Waals surface area contributed by atoms with Crippen LogP contribution in [0.15, 0.2) is 42.6 Å². The van der Waals surface area contributed by atoms with Gasteiger partial charge in [-0.2, -0.15) is 0 Å². The minimum atomic E-state index is 0.658. The highest BCUT2D eigenvalue weighted by Crippen LogP contribution is 2.09. The van der Waals surface area contributed by atoms with E-state index in [-0.39, 0.29) is 0 Å². The van der Waals surface area contributed by atoms with Crippen molar-refractivity contribution in [2.75, 3.05) is 7.11 Å². The molecule has 1 N–H and O–H groups in total. The zero-order valence-electron chi connectivity index (χ0n) is 10.8. The van der Waals surface area contributed by atoms with Crippen molar-refractivity contribution in [2.24, 2.45) is 0 Å². The van der Waals surface area contributed by atoms with Crippen LogP contribution in [0.1, 0.15) is 16.7 Å². The summed E-state index contributed by atoms with van der Waals surface area (Å²) in [4.78, 5) is 4.09. The van der Waals surface area contributed by atoms with Crippen molar-refractivity contribution < 1.29 is 4.74 Å². The summed E-state index contributed by atoms with van der Waals surface area (Å²) in [5, 5.41) is 3.43. The van der Waals surface area contributed by atoms with Crippen LogP contribution in [-0.4, -0.2) is 12.1 Å². The van der Waals surface area contributed by atoms with Crippen LogP contribution in [0, 0.1) is 6.92 Å². The summed E-state index contributed by atoms with van der Waals surface area (Å²) < 4.78 is 5.10. The van der Waals surface area contributed by atoms with Crippen molar-refractivity contribution in [3.8, 4) is 5.88 Å². The molecular formula is C15H18N2O. The first kappa shape index (κ1) is 12.6. The molecular weight excluding hydrogens is 224 g/mol. The second-order valence-corrected chi connectivity index (χ2v) is 4.24. The Morgan fingerprint density at radius 2 is 2.00 bits per heavy atom. The van der Waals surface area contributed by atoms with E-state index in [0.29, 0.717) is 5.88 Å². The highest BCUT2D eigenvalue weighted by atomic mass is 16.5. The molecule has 0 aliphatic rings. The third-order valence-corrected chi connectivity index (χ3v) is 2.91. The predicted octanol–water partition coefficient (Wildman–Crippen LogP) is 2.69. The van der Waals surface area contributed by atoms with Gasteiger partial charge in [0.1, 0.15) is 0 Å². The molecule has 18 heavy (non-hydrogen) atoms. The van der Waals surface area contributed by atoms with Crippen LogP contribution in [-0.2, 0) is 13.1 Å². The van der Waals surface area contributed by atoms with Gasteiger partial charge in [0.2, 0.25) is 5.88 Å². The highest BCUT2D eigenvalue weighted by molar-refractivity contribution is 5.25. The molecule has 2 rings (SSSR count). The number of aromatic nitrogens is 1. The molecule has 1 aromatic carbocycles. The van der Waals surface area contributed by atoms with Gasteiger partial charge in [0.25, 0.3) is 0 Å². The number of nitrogens with zero attached hydrogens (tertiary/aromatic N) is 1. The van der Waals surface area contributed by atoms with E-state index >= 15 is 0 Å². The van der Waals surface area contributed by atoms with E-state index in [1.54, 1.807) is 13.3 Å². The van der Waals surface area contributed by atoms with Crippen molar-refractivity contribution in [2.45, 2.75) is 20.0 Å². The van der Waals surface area contributed by atoms with E-state index < -0.39 is 0 Å². The molecule has 0 saturated carbocycles. The third kappa shape index (κ3) is 3.31. The number of methoxy groups -OCH3 is 1. The smallest absolute Gasteiger partial charge is 0.213 e. The normalized spacial score (nSPS) is 10.3. The van der Waals surface area contributed by atoms with Crippen LogP contribution >= 0.6 is 0 Å².